The van der Waals surface area contributed by atoms with E-state index in [1.54, 1.807) is 13.2 Å². The van der Waals surface area contributed by atoms with Crippen molar-refractivity contribution >= 4 is 29.9 Å². The normalized spacial score (nSPS) is 18.0. The summed E-state index contributed by atoms with van der Waals surface area (Å²) in [5.74, 6) is 0.577. The molecule has 1 amide bonds. The molecule has 7 heteroatoms. The molecule has 1 heterocycles. The molecule has 1 aromatic carbocycles. The predicted molar refractivity (Wildman–Crippen MR) is 84.2 cm³/mol. The van der Waals surface area contributed by atoms with Crippen LogP contribution in [-0.4, -0.2) is 32.3 Å². The highest BCUT2D eigenvalue weighted by molar-refractivity contribution is 6.32. The van der Waals surface area contributed by atoms with E-state index in [0.717, 1.165) is 12.0 Å². The molecule has 0 spiro atoms. The van der Waals surface area contributed by atoms with E-state index < -0.39 is 0 Å². The van der Waals surface area contributed by atoms with E-state index in [0.29, 0.717) is 23.9 Å². The van der Waals surface area contributed by atoms with Crippen LogP contribution in [0.3, 0.4) is 0 Å². The average Bonchev–Trinajstić information content (AvgIpc) is 2.46. The van der Waals surface area contributed by atoms with Gasteiger partial charge < -0.3 is 20.5 Å². The number of carbonyl (C=O) groups is 1. The lowest BCUT2D eigenvalue weighted by atomic mass is 10.00. The van der Waals surface area contributed by atoms with Gasteiger partial charge in [-0.05, 0) is 6.07 Å². The fourth-order valence-electron chi connectivity index (χ4n) is 2.26. The van der Waals surface area contributed by atoms with Gasteiger partial charge >= 0.3 is 0 Å². The molecule has 21 heavy (non-hydrogen) atoms. The summed E-state index contributed by atoms with van der Waals surface area (Å²) >= 11 is 6.10. The summed E-state index contributed by atoms with van der Waals surface area (Å²) in [6.45, 7) is 0.854. The molecule has 2 rings (SSSR count). The van der Waals surface area contributed by atoms with Crippen molar-refractivity contribution in [2.24, 2.45) is 5.73 Å². The molecular formula is C14H20Cl2N2O3. The van der Waals surface area contributed by atoms with Gasteiger partial charge in [-0.3, -0.25) is 4.79 Å². The molecule has 3 N–H and O–H groups in total. The topological polar surface area (TPSA) is 73.6 Å². The number of nitrogens with one attached hydrogen (secondary N) is 1. The third-order valence-corrected chi connectivity index (χ3v) is 3.67. The van der Waals surface area contributed by atoms with Crippen molar-refractivity contribution in [1.29, 1.82) is 0 Å². The minimum atomic E-state index is -0.256. The lowest BCUT2D eigenvalue weighted by Crippen LogP contribution is -2.36. The first-order valence-corrected chi connectivity index (χ1v) is 6.97. The van der Waals surface area contributed by atoms with Gasteiger partial charge in [0.05, 0.1) is 30.2 Å². The largest absolute Gasteiger partial charge is 0.492 e. The molecule has 1 aliphatic rings. The van der Waals surface area contributed by atoms with Crippen LogP contribution in [0, 0.1) is 0 Å². The Kier molecular flexibility index (Phi) is 7.25. The lowest BCUT2D eigenvalue weighted by Gasteiger charge is -2.27. The Morgan fingerprint density at radius 1 is 1.62 bits per heavy atom. The third kappa shape index (κ3) is 4.48. The van der Waals surface area contributed by atoms with Crippen molar-refractivity contribution in [3.8, 4) is 5.75 Å². The van der Waals surface area contributed by atoms with Crippen LogP contribution < -0.4 is 15.8 Å². The zero-order valence-electron chi connectivity index (χ0n) is 11.8. The molecule has 0 aromatic heterocycles. The Balaban J connectivity index is 0.00000220. The van der Waals surface area contributed by atoms with Gasteiger partial charge in [-0.25, -0.2) is 0 Å². The summed E-state index contributed by atoms with van der Waals surface area (Å²) in [5, 5.41) is 3.56. The maximum absolute atomic E-state index is 12.0. The lowest BCUT2D eigenvalue weighted by molar-refractivity contribution is -0.124. The smallest absolute Gasteiger partial charge is 0.223 e. The number of amides is 1. The summed E-state index contributed by atoms with van der Waals surface area (Å²) in [5.41, 5.74) is 6.43. The number of rotatable bonds is 5. The molecular weight excluding hydrogens is 315 g/mol. The van der Waals surface area contributed by atoms with Crippen molar-refractivity contribution in [3.05, 3.63) is 28.8 Å². The first-order valence-electron chi connectivity index (χ1n) is 6.59. The number of methoxy groups -OCH3 is 1. The minimum Gasteiger partial charge on any atom is -0.492 e. The molecule has 0 fully saturated rings. The monoisotopic (exact) mass is 334 g/mol. The number of fused-ring (bicyclic) bond motifs is 1. The number of nitrogens with two attached hydrogens (primary N) is 1. The van der Waals surface area contributed by atoms with Gasteiger partial charge in [0.1, 0.15) is 5.75 Å². The Labute approximate surface area is 135 Å². The summed E-state index contributed by atoms with van der Waals surface area (Å²) in [6.07, 6.45) is 0.716. The summed E-state index contributed by atoms with van der Waals surface area (Å²) in [4.78, 5) is 12.0. The maximum atomic E-state index is 12.0. The zero-order chi connectivity index (χ0) is 14.5. The van der Waals surface area contributed by atoms with Crippen LogP contribution in [0.4, 0.5) is 0 Å². The van der Waals surface area contributed by atoms with E-state index in [1.165, 1.54) is 0 Å². The maximum Gasteiger partial charge on any atom is 0.223 e. The second-order valence-electron chi connectivity index (χ2n) is 4.71. The molecule has 118 valence electrons. The molecule has 1 aliphatic heterocycles. The van der Waals surface area contributed by atoms with Crippen LogP contribution in [0.2, 0.25) is 5.02 Å². The molecule has 0 saturated carbocycles. The second-order valence-corrected chi connectivity index (χ2v) is 5.12. The van der Waals surface area contributed by atoms with Gasteiger partial charge in [0.25, 0.3) is 0 Å². The minimum absolute atomic E-state index is 0. The third-order valence-electron chi connectivity index (χ3n) is 3.37. The Bertz CT molecular complexity index is 481. The number of halogens is 2. The average molecular weight is 335 g/mol. The van der Waals surface area contributed by atoms with Crippen LogP contribution in [0.15, 0.2) is 18.2 Å². The standard InChI is InChI=1S/C14H19ClN2O3.ClH/c1-19-9(8-16)7-13(18)17-12-5-6-20-14-10(12)3-2-4-11(14)15;/h2-4,9,12H,5-8,16H2,1H3,(H,17,18);1H. The summed E-state index contributed by atoms with van der Waals surface area (Å²) in [7, 11) is 1.55. The molecule has 2 atom stereocenters. The van der Waals surface area contributed by atoms with Gasteiger partial charge in [0.2, 0.25) is 5.91 Å². The SMILES string of the molecule is COC(CN)CC(=O)NC1CCOc2c(Cl)cccc21.Cl. The fourth-order valence-corrected chi connectivity index (χ4v) is 2.50. The first kappa shape index (κ1) is 18.0. The summed E-state index contributed by atoms with van der Waals surface area (Å²) in [6, 6.07) is 5.47. The Hall–Kier alpha value is -1.01. The van der Waals surface area contributed by atoms with Crippen LogP contribution in [0.25, 0.3) is 0 Å². The van der Waals surface area contributed by atoms with E-state index in [-0.39, 0.29) is 36.9 Å². The van der Waals surface area contributed by atoms with E-state index in [1.807, 2.05) is 12.1 Å². The highest BCUT2D eigenvalue weighted by Gasteiger charge is 2.25. The number of ether oxygens (including phenoxy) is 2. The molecule has 5 nitrogen and oxygen atoms in total. The van der Waals surface area contributed by atoms with Gasteiger partial charge in [-0.2, -0.15) is 0 Å². The van der Waals surface area contributed by atoms with E-state index >= 15 is 0 Å². The Morgan fingerprint density at radius 3 is 3.05 bits per heavy atom. The van der Waals surface area contributed by atoms with Crippen molar-refractivity contribution in [3.63, 3.8) is 0 Å². The van der Waals surface area contributed by atoms with E-state index in [2.05, 4.69) is 5.32 Å². The number of para-hydroxylation sites is 1. The Morgan fingerprint density at radius 2 is 2.38 bits per heavy atom. The van der Waals surface area contributed by atoms with E-state index in [9.17, 15) is 4.79 Å². The molecule has 0 radical (unpaired) electrons. The number of carbonyl (C=O) groups excluding carboxylic acids is 1. The quantitative estimate of drug-likeness (QED) is 0.864. The van der Waals surface area contributed by atoms with Crippen LogP contribution in [0.5, 0.6) is 5.75 Å². The molecule has 0 bridgehead atoms. The molecule has 1 aromatic rings. The first-order chi connectivity index (χ1) is 9.65. The predicted octanol–water partition coefficient (Wildman–Crippen LogP) is 2.07. The van der Waals surface area contributed by atoms with Crippen molar-refractivity contribution in [2.45, 2.75) is 25.0 Å². The van der Waals surface area contributed by atoms with Crippen molar-refractivity contribution in [2.75, 3.05) is 20.3 Å². The highest BCUT2D eigenvalue weighted by Crippen LogP contribution is 2.37. The van der Waals surface area contributed by atoms with Crippen LogP contribution in [0.1, 0.15) is 24.4 Å². The molecule has 0 saturated heterocycles. The summed E-state index contributed by atoms with van der Waals surface area (Å²) < 4.78 is 10.7. The molecule has 0 aliphatic carbocycles. The second kappa shape index (κ2) is 8.44. The van der Waals surface area contributed by atoms with Crippen molar-refractivity contribution in [1.82, 2.24) is 5.32 Å². The zero-order valence-corrected chi connectivity index (χ0v) is 13.4. The van der Waals surface area contributed by atoms with Crippen LogP contribution >= 0.6 is 24.0 Å². The van der Waals surface area contributed by atoms with Gasteiger partial charge in [0.15, 0.2) is 0 Å². The van der Waals surface area contributed by atoms with Crippen molar-refractivity contribution < 1.29 is 14.3 Å². The number of hydrogen-bond donors (Lipinski definition) is 2. The highest BCUT2D eigenvalue weighted by atomic mass is 35.5. The number of hydrogen-bond acceptors (Lipinski definition) is 4. The molecule has 2 unspecified atom stereocenters. The van der Waals surface area contributed by atoms with Crippen LogP contribution in [-0.2, 0) is 9.53 Å². The van der Waals surface area contributed by atoms with Gasteiger partial charge in [0, 0.05) is 25.6 Å². The van der Waals surface area contributed by atoms with Gasteiger partial charge in [-0.1, -0.05) is 23.7 Å². The number of benzene rings is 1. The fraction of sp³-hybridized carbons (Fsp3) is 0.500. The van der Waals surface area contributed by atoms with E-state index in [4.69, 9.17) is 26.8 Å². The van der Waals surface area contributed by atoms with Gasteiger partial charge in [-0.15, -0.1) is 12.4 Å².